The average molecular weight is 410 g/mol. The van der Waals surface area contributed by atoms with Crippen LogP contribution in [-0.2, 0) is 14.3 Å². The minimum absolute atomic E-state index is 0.0336. The van der Waals surface area contributed by atoms with Gasteiger partial charge in [-0.05, 0) is 43.2 Å². The third-order valence-electron chi connectivity index (χ3n) is 4.78. The van der Waals surface area contributed by atoms with Gasteiger partial charge in [-0.15, -0.1) is 0 Å². The van der Waals surface area contributed by atoms with Crippen LogP contribution in [0.25, 0.3) is 0 Å². The second-order valence-electron chi connectivity index (χ2n) is 6.80. The molecule has 2 aromatic rings. The number of carbonyl (C=O) groups excluding carboxylic acids is 1. The zero-order valence-electron chi connectivity index (χ0n) is 15.1. The molecule has 3 rings (SSSR count). The van der Waals surface area contributed by atoms with Crippen molar-refractivity contribution in [1.29, 1.82) is 0 Å². The Kier molecular flexibility index (Phi) is 5.66. The molecule has 2 aromatic carbocycles. The topological polar surface area (TPSA) is 89.7 Å². The standard InChI is InChI=1S/C19H20F2N2O4S/c1-12-2-5-14(6-3-12)28(25,26)27-19(24)23-9-8-15(18(22)11-23)13-4-7-16(20)17(21)10-13/h2-7,10,15,18H,8-9,11,22H2,1H3/t15-,18+/m0/s1. The van der Waals surface area contributed by atoms with Crippen LogP contribution >= 0.6 is 0 Å². The summed E-state index contributed by atoms with van der Waals surface area (Å²) < 4.78 is 55.8. The van der Waals surface area contributed by atoms with Gasteiger partial charge >= 0.3 is 16.2 Å². The van der Waals surface area contributed by atoms with Crippen molar-refractivity contribution in [2.75, 3.05) is 13.1 Å². The molecule has 150 valence electrons. The molecule has 1 aliphatic heterocycles. The molecule has 6 nitrogen and oxygen atoms in total. The van der Waals surface area contributed by atoms with E-state index in [4.69, 9.17) is 9.92 Å². The summed E-state index contributed by atoms with van der Waals surface area (Å²) >= 11 is 0. The smallest absolute Gasteiger partial charge is 0.326 e. The first-order valence-electron chi connectivity index (χ1n) is 8.68. The van der Waals surface area contributed by atoms with Crippen molar-refractivity contribution in [3.63, 3.8) is 0 Å². The van der Waals surface area contributed by atoms with E-state index in [1.54, 1.807) is 19.1 Å². The first kappa shape index (κ1) is 20.2. The molecule has 1 heterocycles. The number of piperidine rings is 1. The van der Waals surface area contributed by atoms with Crippen molar-refractivity contribution in [2.45, 2.75) is 30.2 Å². The fraction of sp³-hybridized carbons (Fsp3) is 0.316. The van der Waals surface area contributed by atoms with Gasteiger partial charge in [-0.3, -0.25) is 0 Å². The van der Waals surface area contributed by atoms with E-state index in [1.165, 1.54) is 23.1 Å². The SMILES string of the molecule is Cc1ccc(S(=O)(=O)OC(=O)N2CC[C@@H](c3ccc(F)c(F)c3)[C@H](N)C2)cc1. The van der Waals surface area contributed by atoms with Gasteiger partial charge in [0.25, 0.3) is 0 Å². The molecule has 2 N–H and O–H groups in total. The lowest BCUT2D eigenvalue weighted by Crippen LogP contribution is -2.50. The number of benzene rings is 2. The highest BCUT2D eigenvalue weighted by Gasteiger charge is 2.33. The molecule has 0 bridgehead atoms. The molecule has 9 heteroatoms. The maximum atomic E-state index is 13.5. The maximum Gasteiger partial charge on any atom is 0.425 e. The van der Waals surface area contributed by atoms with Crippen LogP contribution < -0.4 is 5.73 Å². The summed E-state index contributed by atoms with van der Waals surface area (Å²) in [5.74, 6) is -2.19. The lowest BCUT2D eigenvalue weighted by Gasteiger charge is -2.36. The van der Waals surface area contributed by atoms with Gasteiger partial charge in [0, 0.05) is 25.0 Å². The van der Waals surface area contributed by atoms with Gasteiger partial charge < -0.3 is 14.8 Å². The molecule has 1 amide bonds. The zero-order valence-corrected chi connectivity index (χ0v) is 16.0. The molecule has 0 spiro atoms. The van der Waals surface area contributed by atoms with Crippen LogP contribution in [0.5, 0.6) is 0 Å². The Hall–Kier alpha value is -2.52. The molecule has 2 atom stereocenters. The minimum atomic E-state index is -4.24. The second-order valence-corrected chi connectivity index (χ2v) is 8.34. The van der Waals surface area contributed by atoms with Gasteiger partial charge in [-0.25, -0.2) is 13.6 Å². The quantitative estimate of drug-likeness (QED) is 0.786. The predicted octanol–water partition coefficient (Wildman–Crippen LogP) is 2.92. The van der Waals surface area contributed by atoms with Crippen molar-refractivity contribution in [2.24, 2.45) is 5.73 Å². The Labute approximate surface area is 162 Å². The van der Waals surface area contributed by atoms with Crippen LogP contribution in [0.3, 0.4) is 0 Å². The molecular weight excluding hydrogens is 390 g/mol. The number of rotatable bonds is 3. The van der Waals surface area contributed by atoms with Crippen LogP contribution in [0.4, 0.5) is 13.6 Å². The molecule has 1 fully saturated rings. The van der Waals surface area contributed by atoms with Crippen LogP contribution in [0.2, 0.25) is 0 Å². The van der Waals surface area contributed by atoms with Crippen LogP contribution in [0.1, 0.15) is 23.5 Å². The van der Waals surface area contributed by atoms with E-state index < -0.39 is 33.9 Å². The van der Waals surface area contributed by atoms with Crippen molar-refractivity contribution >= 4 is 16.2 Å². The van der Waals surface area contributed by atoms with Gasteiger partial charge in [0.1, 0.15) is 4.90 Å². The lowest BCUT2D eigenvalue weighted by molar-refractivity contribution is 0.134. The van der Waals surface area contributed by atoms with E-state index >= 15 is 0 Å². The second kappa shape index (κ2) is 7.84. The normalized spacial score (nSPS) is 20.1. The summed E-state index contributed by atoms with van der Waals surface area (Å²) in [4.78, 5) is 13.4. The van der Waals surface area contributed by atoms with Gasteiger partial charge in [-0.2, -0.15) is 8.42 Å². The number of aryl methyl sites for hydroxylation is 1. The van der Waals surface area contributed by atoms with Gasteiger partial charge in [-0.1, -0.05) is 23.8 Å². The number of nitrogens with zero attached hydrogens (tertiary/aromatic N) is 1. The summed E-state index contributed by atoms with van der Waals surface area (Å²) in [5, 5.41) is 0. The monoisotopic (exact) mass is 410 g/mol. The number of carbonyl (C=O) groups is 1. The molecule has 0 radical (unpaired) electrons. The average Bonchev–Trinajstić information content (AvgIpc) is 2.64. The van der Waals surface area contributed by atoms with Crippen LogP contribution in [0, 0.1) is 18.6 Å². The summed E-state index contributed by atoms with van der Waals surface area (Å²) in [6.07, 6.45) is -0.647. The van der Waals surface area contributed by atoms with Gasteiger partial charge in [0.05, 0.1) is 0 Å². The van der Waals surface area contributed by atoms with E-state index in [9.17, 15) is 22.0 Å². The lowest BCUT2D eigenvalue weighted by atomic mass is 9.86. The molecule has 28 heavy (non-hydrogen) atoms. The number of halogens is 2. The first-order chi connectivity index (χ1) is 13.2. The van der Waals surface area contributed by atoms with E-state index in [-0.39, 0.29) is 23.9 Å². The summed E-state index contributed by atoms with van der Waals surface area (Å²) in [6.45, 7) is 2.02. The predicted molar refractivity (Wildman–Crippen MR) is 98.1 cm³/mol. The highest BCUT2D eigenvalue weighted by molar-refractivity contribution is 7.87. The largest absolute Gasteiger partial charge is 0.425 e. The molecule has 0 aromatic heterocycles. The van der Waals surface area contributed by atoms with Crippen molar-refractivity contribution in [1.82, 2.24) is 4.90 Å². The van der Waals surface area contributed by atoms with Crippen molar-refractivity contribution in [3.05, 3.63) is 65.2 Å². The van der Waals surface area contributed by atoms with Gasteiger partial charge in [0.2, 0.25) is 0 Å². The van der Waals surface area contributed by atoms with Crippen LogP contribution in [-0.4, -0.2) is 38.5 Å². The Morgan fingerprint density at radius 2 is 1.82 bits per heavy atom. The first-order valence-corrected chi connectivity index (χ1v) is 10.1. The maximum absolute atomic E-state index is 13.5. The van der Waals surface area contributed by atoms with E-state index in [0.717, 1.165) is 17.7 Å². The summed E-state index contributed by atoms with van der Waals surface area (Å²) in [7, 11) is -4.24. The molecule has 0 unspecified atom stereocenters. The molecule has 1 saturated heterocycles. The molecule has 0 saturated carbocycles. The summed E-state index contributed by atoms with van der Waals surface area (Å²) in [5.41, 5.74) is 7.51. The Morgan fingerprint density at radius 1 is 1.14 bits per heavy atom. The minimum Gasteiger partial charge on any atom is -0.326 e. The molecule has 1 aliphatic rings. The number of likely N-dealkylation sites (tertiary alicyclic amines) is 1. The highest BCUT2D eigenvalue weighted by Crippen LogP contribution is 2.29. The number of nitrogens with two attached hydrogens (primary N) is 1. The fourth-order valence-electron chi connectivity index (χ4n) is 3.20. The molecular formula is C19H20F2N2O4S. The fourth-order valence-corrected chi connectivity index (χ4v) is 4.06. The van der Waals surface area contributed by atoms with Gasteiger partial charge in [0.15, 0.2) is 11.6 Å². The number of hydrogen-bond donors (Lipinski definition) is 1. The third kappa shape index (κ3) is 4.31. The van der Waals surface area contributed by atoms with Crippen LogP contribution in [0.15, 0.2) is 47.4 Å². The Balaban J connectivity index is 1.67. The summed E-state index contributed by atoms with van der Waals surface area (Å²) in [6, 6.07) is 8.93. The van der Waals surface area contributed by atoms with Crippen molar-refractivity contribution < 1.29 is 26.2 Å². The third-order valence-corrected chi connectivity index (χ3v) is 5.99. The molecule has 0 aliphatic carbocycles. The zero-order chi connectivity index (χ0) is 20.5. The van der Waals surface area contributed by atoms with E-state index in [0.29, 0.717) is 12.0 Å². The van der Waals surface area contributed by atoms with E-state index in [1.807, 2.05) is 0 Å². The number of amides is 1. The number of hydrogen-bond acceptors (Lipinski definition) is 5. The highest BCUT2D eigenvalue weighted by atomic mass is 32.2. The Bertz CT molecular complexity index is 980. The van der Waals surface area contributed by atoms with E-state index in [2.05, 4.69) is 0 Å². The Morgan fingerprint density at radius 3 is 2.43 bits per heavy atom. The van der Waals surface area contributed by atoms with Crippen molar-refractivity contribution in [3.8, 4) is 0 Å².